The number of piperidine rings is 1. The van der Waals surface area contributed by atoms with Crippen LogP contribution in [0.3, 0.4) is 0 Å². The molecule has 0 aromatic heterocycles. The fourth-order valence-corrected chi connectivity index (χ4v) is 2.74. The van der Waals surface area contributed by atoms with Gasteiger partial charge in [-0.2, -0.15) is 0 Å². The quantitative estimate of drug-likeness (QED) is 0.897. The minimum atomic E-state index is -0.125. The van der Waals surface area contributed by atoms with Gasteiger partial charge in [0.25, 0.3) is 5.91 Å². The lowest BCUT2D eigenvalue weighted by molar-refractivity contribution is -0.124. The molecule has 0 saturated carbocycles. The smallest absolute Gasteiger partial charge is 0.258 e. The first-order chi connectivity index (χ1) is 9.54. The summed E-state index contributed by atoms with van der Waals surface area (Å²) in [6, 6.07) is 5.09. The Labute approximate surface area is 128 Å². The largest absolute Gasteiger partial charge is 0.484 e. The maximum atomic E-state index is 11.9. The summed E-state index contributed by atoms with van der Waals surface area (Å²) < 4.78 is 5.41. The fraction of sp³-hybridized carbons (Fsp3) is 0.500. The van der Waals surface area contributed by atoms with E-state index in [-0.39, 0.29) is 18.6 Å². The molecule has 1 aliphatic rings. The molecule has 2 unspecified atom stereocenters. The average molecular weight is 317 g/mol. The standard InChI is InChI=1S/C14H18Cl2N2O2/c1-9-7-17-3-2-13(9)18-14(19)8-20-12-5-10(15)4-11(16)6-12/h4-6,9,13,17H,2-3,7-8H2,1H3,(H,18,19). The van der Waals surface area contributed by atoms with Crippen molar-refractivity contribution in [1.82, 2.24) is 10.6 Å². The molecule has 1 saturated heterocycles. The Morgan fingerprint density at radius 2 is 2.10 bits per heavy atom. The van der Waals surface area contributed by atoms with Crippen LogP contribution in [0, 0.1) is 5.92 Å². The molecule has 1 heterocycles. The van der Waals surface area contributed by atoms with Crippen LogP contribution < -0.4 is 15.4 Å². The van der Waals surface area contributed by atoms with Gasteiger partial charge in [0.05, 0.1) is 0 Å². The van der Waals surface area contributed by atoms with Crippen LogP contribution in [0.2, 0.25) is 10.0 Å². The van der Waals surface area contributed by atoms with Crippen molar-refractivity contribution in [1.29, 1.82) is 0 Å². The van der Waals surface area contributed by atoms with E-state index in [1.165, 1.54) is 0 Å². The van der Waals surface area contributed by atoms with Crippen molar-refractivity contribution >= 4 is 29.1 Å². The molecule has 0 bridgehead atoms. The Morgan fingerprint density at radius 1 is 1.40 bits per heavy atom. The van der Waals surface area contributed by atoms with E-state index < -0.39 is 0 Å². The summed E-state index contributed by atoms with van der Waals surface area (Å²) in [4.78, 5) is 11.9. The van der Waals surface area contributed by atoms with Crippen molar-refractivity contribution < 1.29 is 9.53 Å². The van der Waals surface area contributed by atoms with E-state index in [4.69, 9.17) is 27.9 Å². The summed E-state index contributed by atoms with van der Waals surface area (Å²) in [6.45, 7) is 3.94. The minimum Gasteiger partial charge on any atom is -0.484 e. The number of benzene rings is 1. The fourth-order valence-electron chi connectivity index (χ4n) is 2.24. The van der Waals surface area contributed by atoms with Crippen LogP contribution in [0.15, 0.2) is 18.2 Å². The lowest BCUT2D eigenvalue weighted by atomic mass is 9.95. The van der Waals surface area contributed by atoms with Crippen molar-refractivity contribution in [3.8, 4) is 5.75 Å². The number of nitrogens with one attached hydrogen (secondary N) is 2. The number of hydrogen-bond acceptors (Lipinski definition) is 3. The number of carbonyl (C=O) groups excluding carboxylic acids is 1. The first kappa shape index (κ1) is 15.4. The third kappa shape index (κ3) is 4.54. The highest BCUT2D eigenvalue weighted by molar-refractivity contribution is 6.34. The molecule has 2 N–H and O–H groups in total. The van der Waals surface area contributed by atoms with Crippen LogP contribution in [0.5, 0.6) is 5.75 Å². The van der Waals surface area contributed by atoms with Gasteiger partial charge in [-0.05, 0) is 43.6 Å². The van der Waals surface area contributed by atoms with E-state index in [1.807, 2.05) is 0 Å². The number of hydrogen-bond donors (Lipinski definition) is 2. The molecule has 1 fully saturated rings. The minimum absolute atomic E-state index is 0.0344. The summed E-state index contributed by atoms with van der Waals surface area (Å²) >= 11 is 11.7. The maximum Gasteiger partial charge on any atom is 0.258 e. The van der Waals surface area contributed by atoms with Crippen molar-refractivity contribution in [2.45, 2.75) is 19.4 Å². The highest BCUT2D eigenvalue weighted by atomic mass is 35.5. The van der Waals surface area contributed by atoms with Crippen LogP contribution in [0.25, 0.3) is 0 Å². The maximum absolute atomic E-state index is 11.9. The molecule has 110 valence electrons. The molecule has 1 aromatic rings. The highest BCUT2D eigenvalue weighted by Gasteiger charge is 2.22. The predicted molar refractivity (Wildman–Crippen MR) is 80.5 cm³/mol. The number of rotatable bonds is 4. The second kappa shape index (κ2) is 7.16. The SMILES string of the molecule is CC1CNCCC1NC(=O)COc1cc(Cl)cc(Cl)c1. The molecule has 0 aliphatic carbocycles. The molecule has 1 aromatic carbocycles. The van der Waals surface area contributed by atoms with Crippen molar-refractivity contribution in [3.63, 3.8) is 0 Å². The first-order valence-electron chi connectivity index (χ1n) is 6.63. The summed E-state index contributed by atoms with van der Waals surface area (Å²) in [7, 11) is 0. The second-order valence-electron chi connectivity index (χ2n) is 5.04. The molecule has 6 heteroatoms. The molecular weight excluding hydrogens is 299 g/mol. The lowest BCUT2D eigenvalue weighted by Crippen LogP contribution is -2.49. The van der Waals surface area contributed by atoms with Crippen LogP contribution in [-0.4, -0.2) is 31.6 Å². The number of amides is 1. The van der Waals surface area contributed by atoms with Crippen molar-refractivity contribution in [2.75, 3.05) is 19.7 Å². The molecule has 20 heavy (non-hydrogen) atoms. The predicted octanol–water partition coefficient (Wildman–Crippen LogP) is 2.49. The zero-order chi connectivity index (χ0) is 14.5. The zero-order valence-corrected chi connectivity index (χ0v) is 12.8. The summed E-state index contributed by atoms with van der Waals surface area (Å²) in [5, 5.41) is 7.27. The van der Waals surface area contributed by atoms with Gasteiger partial charge in [0.2, 0.25) is 0 Å². The number of halogens is 2. The summed E-state index contributed by atoms with van der Waals surface area (Å²) in [5.41, 5.74) is 0. The Kier molecular flexibility index (Phi) is 5.52. The highest BCUT2D eigenvalue weighted by Crippen LogP contribution is 2.24. The van der Waals surface area contributed by atoms with Gasteiger partial charge < -0.3 is 15.4 Å². The van der Waals surface area contributed by atoms with Gasteiger partial charge in [-0.3, -0.25) is 4.79 Å². The van der Waals surface area contributed by atoms with Gasteiger partial charge in [0.15, 0.2) is 6.61 Å². The van der Waals surface area contributed by atoms with Gasteiger partial charge in [-0.25, -0.2) is 0 Å². The van der Waals surface area contributed by atoms with E-state index in [2.05, 4.69) is 17.6 Å². The van der Waals surface area contributed by atoms with E-state index in [0.29, 0.717) is 21.7 Å². The van der Waals surface area contributed by atoms with Crippen LogP contribution in [0.4, 0.5) is 0 Å². The number of carbonyl (C=O) groups is 1. The van der Waals surface area contributed by atoms with E-state index in [1.54, 1.807) is 18.2 Å². The Morgan fingerprint density at radius 3 is 2.75 bits per heavy atom. The topological polar surface area (TPSA) is 50.4 Å². The normalized spacial score (nSPS) is 22.4. The molecule has 0 spiro atoms. The van der Waals surface area contributed by atoms with Gasteiger partial charge in [0.1, 0.15) is 5.75 Å². The lowest BCUT2D eigenvalue weighted by Gasteiger charge is -2.30. The molecular formula is C14H18Cl2N2O2. The Balaban J connectivity index is 1.82. The van der Waals surface area contributed by atoms with Gasteiger partial charge >= 0.3 is 0 Å². The molecule has 1 aliphatic heterocycles. The Bertz CT molecular complexity index is 462. The number of ether oxygens (including phenoxy) is 1. The van der Waals surface area contributed by atoms with Gasteiger partial charge in [-0.15, -0.1) is 0 Å². The van der Waals surface area contributed by atoms with E-state index in [0.717, 1.165) is 19.5 Å². The zero-order valence-electron chi connectivity index (χ0n) is 11.3. The van der Waals surface area contributed by atoms with Crippen LogP contribution >= 0.6 is 23.2 Å². The van der Waals surface area contributed by atoms with E-state index >= 15 is 0 Å². The van der Waals surface area contributed by atoms with Crippen LogP contribution in [-0.2, 0) is 4.79 Å². The molecule has 2 atom stereocenters. The van der Waals surface area contributed by atoms with Crippen molar-refractivity contribution in [3.05, 3.63) is 28.2 Å². The van der Waals surface area contributed by atoms with Crippen molar-refractivity contribution in [2.24, 2.45) is 5.92 Å². The Hall–Kier alpha value is -0.970. The third-order valence-electron chi connectivity index (χ3n) is 3.34. The summed E-state index contributed by atoms with van der Waals surface area (Å²) in [6.07, 6.45) is 0.940. The monoisotopic (exact) mass is 316 g/mol. The second-order valence-corrected chi connectivity index (χ2v) is 5.91. The first-order valence-corrected chi connectivity index (χ1v) is 7.39. The van der Waals surface area contributed by atoms with Gasteiger partial charge in [-0.1, -0.05) is 30.1 Å². The molecule has 1 amide bonds. The van der Waals surface area contributed by atoms with Crippen LogP contribution in [0.1, 0.15) is 13.3 Å². The third-order valence-corrected chi connectivity index (χ3v) is 3.77. The molecule has 0 radical (unpaired) electrons. The van der Waals surface area contributed by atoms with E-state index in [9.17, 15) is 4.79 Å². The summed E-state index contributed by atoms with van der Waals surface area (Å²) in [5.74, 6) is 0.796. The van der Waals surface area contributed by atoms with Gasteiger partial charge in [0, 0.05) is 16.1 Å². The molecule has 4 nitrogen and oxygen atoms in total. The molecule has 2 rings (SSSR count). The average Bonchev–Trinajstić information content (AvgIpc) is 2.38.